The van der Waals surface area contributed by atoms with Gasteiger partial charge in [0.2, 0.25) is 0 Å². The van der Waals surface area contributed by atoms with Crippen molar-refractivity contribution in [3.05, 3.63) is 88.7 Å². The maximum atomic E-state index is 14.9. The molecular weight excluding hydrogens is 445 g/mol. The molecule has 0 aromatic heterocycles. The average Bonchev–Trinajstić information content (AvgIpc) is 2.89. The predicted molar refractivity (Wildman–Crippen MR) is 136 cm³/mol. The van der Waals surface area contributed by atoms with E-state index in [1.807, 2.05) is 12.1 Å². The highest BCUT2D eigenvalue weighted by Gasteiger charge is 2.25. The van der Waals surface area contributed by atoms with Gasteiger partial charge in [0, 0.05) is 11.1 Å². The summed E-state index contributed by atoms with van der Waals surface area (Å²) in [5.41, 5.74) is 2.98. The Labute approximate surface area is 207 Å². The van der Waals surface area contributed by atoms with Gasteiger partial charge >= 0.3 is 0 Å². The van der Waals surface area contributed by atoms with Crippen LogP contribution in [0, 0.1) is 23.4 Å². The highest BCUT2D eigenvalue weighted by molar-refractivity contribution is 5.65. The molecule has 1 fully saturated rings. The van der Waals surface area contributed by atoms with Crippen LogP contribution in [-0.2, 0) is 13.0 Å². The quantitative estimate of drug-likeness (QED) is 0.296. The Morgan fingerprint density at radius 2 is 1.57 bits per heavy atom. The maximum Gasteiger partial charge on any atom is 0.165 e. The molecule has 35 heavy (non-hydrogen) atoms. The second kappa shape index (κ2) is 11.8. The third-order valence-electron chi connectivity index (χ3n) is 7.47. The number of hydrogen-bond donors (Lipinski definition) is 0. The standard InChI is InChI=1S/C31H35F3O/c1-3-5-6-22-9-17-27(29(32)19-22)23-12-15-26(16-13-23)35-20-25-14-18-28(31(34)30(25)33)24-10-7-21(4-2)8-11-24/h9,12-19,21,24H,3-8,10-11,20H2,1-2H3. The summed E-state index contributed by atoms with van der Waals surface area (Å²) < 4.78 is 50.0. The molecular formula is C31H35F3O. The molecule has 0 N–H and O–H groups in total. The van der Waals surface area contributed by atoms with Gasteiger partial charge in [-0.25, -0.2) is 13.2 Å². The van der Waals surface area contributed by atoms with Crippen LogP contribution in [0.1, 0.15) is 81.4 Å². The number of aryl methyl sites for hydroxylation is 1. The van der Waals surface area contributed by atoms with Crippen LogP contribution in [0.2, 0.25) is 0 Å². The van der Waals surface area contributed by atoms with Crippen molar-refractivity contribution in [1.82, 2.24) is 0 Å². The monoisotopic (exact) mass is 480 g/mol. The van der Waals surface area contributed by atoms with E-state index in [9.17, 15) is 13.2 Å². The highest BCUT2D eigenvalue weighted by Crippen LogP contribution is 2.38. The Balaban J connectivity index is 1.39. The van der Waals surface area contributed by atoms with Gasteiger partial charge in [0.25, 0.3) is 0 Å². The van der Waals surface area contributed by atoms with Gasteiger partial charge < -0.3 is 4.74 Å². The van der Waals surface area contributed by atoms with E-state index >= 15 is 0 Å². The zero-order valence-electron chi connectivity index (χ0n) is 20.8. The van der Waals surface area contributed by atoms with Gasteiger partial charge in [-0.3, -0.25) is 0 Å². The van der Waals surface area contributed by atoms with Crippen molar-refractivity contribution in [1.29, 1.82) is 0 Å². The van der Waals surface area contributed by atoms with Crippen molar-refractivity contribution in [3.63, 3.8) is 0 Å². The zero-order chi connectivity index (χ0) is 24.8. The van der Waals surface area contributed by atoms with Crippen LogP contribution in [0.15, 0.2) is 54.6 Å². The normalized spacial score (nSPS) is 18.0. The van der Waals surface area contributed by atoms with E-state index in [1.54, 1.807) is 42.5 Å². The molecule has 0 amide bonds. The van der Waals surface area contributed by atoms with E-state index in [4.69, 9.17) is 4.74 Å². The second-order valence-corrected chi connectivity index (χ2v) is 9.80. The lowest BCUT2D eigenvalue weighted by Crippen LogP contribution is -2.15. The lowest BCUT2D eigenvalue weighted by atomic mass is 9.77. The summed E-state index contributed by atoms with van der Waals surface area (Å²) in [6.45, 7) is 4.25. The Morgan fingerprint density at radius 1 is 0.829 bits per heavy atom. The summed E-state index contributed by atoms with van der Waals surface area (Å²) in [4.78, 5) is 0. The molecule has 1 aliphatic carbocycles. The molecule has 0 unspecified atom stereocenters. The first-order chi connectivity index (χ1) is 17.0. The Morgan fingerprint density at radius 3 is 2.23 bits per heavy atom. The van der Waals surface area contributed by atoms with Crippen LogP contribution in [0.4, 0.5) is 13.2 Å². The zero-order valence-corrected chi connectivity index (χ0v) is 20.8. The van der Waals surface area contributed by atoms with Crippen molar-refractivity contribution in [2.45, 2.75) is 77.7 Å². The fourth-order valence-electron chi connectivity index (χ4n) is 5.13. The Hall–Kier alpha value is -2.75. The smallest absolute Gasteiger partial charge is 0.165 e. The molecule has 1 nitrogen and oxygen atoms in total. The van der Waals surface area contributed by atoms with E-state index in [0.717, 1.165) is 62.5 Å². The molecule has 0 saturated heterocycles. The first kappa shape index (κ1) is 25.3. The molecule has 1 saturated carbocycles. The van der Waals surface area contributed by atoms with E-state index in [0.29, 0.717) is 22.8 Å². The van der Waals surface area contributed by atoms with Crippen LogP contribution in [0.3, 0.4) is 0 Å². The fourth-order valence-corrected chi connectivity index (χ4v) is 5.13. The lowest BCUT2D eigenvalue weighted by Gasteiger charge is -2.28. The molecule has 186 valence electrons. The summed E-state index contributed by atoms with van der Waals surface area (Å²) >= 11 is 0. The van der Waals surface area contributed by atoms with E-state index in [-0.39, 0.29) is 23.9 Å². The summed E-state index contributed by atoms with van der Waals surface area (Å²) in [6.07, 6.45) is 8.13. The number of unbranched alkanes of at least 4 members (excludes halogenated alkanes) is 1. The Kier molecular flexibility index (Phi) is 8.54. The van der Waals surface area contributed by atoms with Crippen LogP contribution in [-0.4, -0.2) is 0 Å². The van der Waals surface area contributed by atoms with Gasteiger partial charge in [0.1, 0.15) is 18.2 Å². The molecule has 0 atom stereocenters. The minimum Gasteiger partial charge on any atom is -0.489 e. The summed E-state index contributed by atoms with van der Waals surface area (Å²) in [6, 6.07) is 15.8. The first-order valence-electron chi connectivity index (χ1n) is 13.0. The number of halogens is 3. The first-order valence-corrected chi connectivity index (χ1v) is 13.0. The molecule has 3 aromatic carbocycles. The van der Waals surface area contributed by atoms with E-state index in [2.05, 4.69) is 13.8 Å². The minimum atomic E-state index is -0.818. The van der Waals surface area contributed by atoms with Gasteiger partial charge in [-0.2, -0.15) is 0 Å². The Bertz CT molecular complexity index is 1110. The number of hydrogen-bond acceptors (Lipinski definition) is 1. The van der Waals surface area contributed by atoms with Crippen molar-refractivity contribution in [2.24, 2.45) is 5.92 Å². The van der Waals surface area contributed by atoms with Crippen LogP contribution in [0.5, 0.6) is 5.75 Å². The van der Waals surface area contributed by atoms with Crippen LogP contribution in [0.25, 0.3) is 11.1 Å². The summed E-state index contributed by atoms with van der Waals surface area (Å²) in [7, 11) is 0. The third kappa shape index (κ3) is 6.09. The SMILES string of the molecule is CCCCc1ccc(-c2ccc(OCc3ccc(C4CCC(CC)CC4)c(F)c3F)cc2)c(F)c1. The molecule has 0 heterocycles. The van der Waals surface area contributed by atoms with Crippen LogP contribution < -0.4 is 4.74 Å². The second-order valence-electron chi connectivity index (χ2n) is 9.80. The average molecular weight is 481 g/mol. The van der Waals surface area contributed by atoms with Crippen LogP contribution >= 0.6 is 0 Å². The van der Waals surface area contributed by atoms with Crippen molar-refractivity contribution >= 4 is 0 Å². The van der Waals surface area contributed by atoms with Crippen molar-refractivity contribution in [2.75, 3.05) is 0 Å². The maximum absolute atomic E-state index is 14.9. The fraction of sp³-hybridized carbons (Fsp3) is 0.419. The van der Waals surface area contributed by atoms with Crippen molar-refractivity contribution < 1.29 is 17.9 Å². The molecule has 4 rings (SSSR count). The molecule has 1 aliphatic rings. The number of benzene rings is 3. The molecule has 0 aliphatic heterocycles. The number of ether oxygens (including phenoxy) is 1. The summed E-state index contributed by atoms with van der Waals surface area (Å²) in [5.74, 6) is -0.472. The molecule has 3 aromatic rings. The predicted octanol–water partition coefficient (Wildman–Crippen LogP) is 9.38. The lowest BCUT2D eigenvalue weighted by molar-refractivity contribution is 0.294. The topological polar surface area (TPSA) is 9.23 Å². The summed E-state index contributed by atoms with van der Waals surface area (Å²) in [5, 5.41) is 0. The van der Waals surface area contributed by atoms with Crippen molar-refractivity contribution in [3.8, 4) is 16.9 Å². The van der Waals surface area contributed by atoms with Gasteiger partial charge in [-0.05, 0) is 85.3 Å². The van der Waals surface area contributed by atoms with E-state index in [1.165, 1.54) is 0 Å². The number of rotatable bonds is 9. The van der Waals surface area contributed by atoms with E-state index < -0.39 is 11.6 Å². The molecule has 0 bridgehead atoms. The molecule has 0 radical (unpaired) electrons. The highest BCUT2D eigenvalue weighted by atomic mass is 19.2. The van der Waals surface area contributed by atoms with Gasteiger partial charge in [-0.1, -0.05) is 63.1 Å². The van der Waals surface area contributed by atoms with Gasteiger partial charge in [0.05, 0.1) is 0 Å². The largest absolute Gasteiger partial charge is 0.489 e. The minimum absolute atomic E-state index is 0.0640. The third-order valence-corrected chi connectivity index (χ3v) is 7.47. The molecule has 0 spiro atoms. The van der Waals surface area contributed by atoms with Gasteiger partial charge in [0.15, 0.2) is 11.6 Å². The molecule has 4 heteroatoms. The van der Waals surface area contributed by atoms with Gasteiger partial charge in [-0.15, -0.1) is 0 Å².